The van der Waals surface area contributed by atoms with Crippen molar-refractivity contribution in [2.45, 2.75) is 49.8 Å². The Hall–Kier alpha value is -1.69. The van der Waals surface area contributed by atoms with Crippen molar-refractivity contribution in [3.8, 4) is 0 Å². The maximum atomic E-state index is 12.4. The van der Waals surface area contributed by atoms with Crippen LogP contribution in [0, 0.1) is 0 Å². The number of nitrogens with zero attached hydrogens (tertiary/aromatic N) is 1. The SMILES string of the molecule is COC(=O)C1C[C@@H](SCc2ccccc2)CN1C(=O)OC(C)(C)C. The highest BCUT2D eigenvalue weighted by molar-refractivity contribution is 7.99. The fraction of sp³-hybridized carbons (Fsp3) is 0.556. The van der Waals surface area contributed by atoms with Crippen LogP contribution >= 0.6 is 11.8 Å². The maximum Gasteiger partial charge on any atom is 0.411 e. The molecule has 0 N–H and O–H groups in total. The maximum absolute atomic E-state index is 12.4. The van der Waals surface area contributed by atoms with Crippen LogP contribution in [0.4, 0.5) is 4.79 Å². The molecule has 0 radical (unpaired) electrons. The summed E-state index contributed by atoms with van der Waals surface area (Å²) in [5.74, 6) is 0.463. The number of likely N-dealkylation sites (tertiary alicyclic amines) is 1. The zero-order valence-electron chi connectivity index (χ0n) is 14.7. The number of esters is 1. The van der Waals surface area contributed by atoms with Crippen molar-refractivity contribution in [2.75, 3.05) is 13.7 Å². The van der Waals surface area contributed by atoms with Gasteiger partial charge in [-0.15, -0.1) is 0 Å². The van der Waals surface area contributed by atoms with Gasteiger partial charge < -0.3 is 9.47 Å². The predicted octanol–water partition coefficient (Wildman–Crippen LogP) is 3.47. The van der Waals surface area contributed by atoms with E-state index < -0.39 is 17.7 Å². The molecule has 1 heterocycles. The molecule has 0 aliphatic carbocycles. The average Bonchev–Trinajstić information content (AvgIpc) is 2.96. The molecule has 6 heteroatoms. The van der Waals surface area contributed by atoms with E-state index in [-0.39, 0.29) is 11.2 Å². The Morgan fingerprint density at radius 2 is 1.92 bits per heavy atom. The second kappa shape index (κ2) is 7.92. The van der Waals surface area contributed by atoms with Crippen LogP contribution in [0.15, 0.2) is 30.3 Å². The van der Waals surface area contributed by atoms with Gasteiger partial charge in [-0.05, 0) is 32.8 Å². The number of benzene rings is 1. The van der Waals surface area contributed by atoms with Crippen LogP contribution < -0.4 is 0 Å². The van der Waals surface area contributed by atoms with Gasteiger partial charge in [0.1, 0.15) is 11.6 Å². The number of amides is 1. The molecule has 2 rings (SSSR count). The molecule has 0 bridgehead atoms. The van der Waals surface area contributed by atoms with Crippen LogP contribution in [0.5, 0.6) is 0 Å². The van der Waals surface area contributed by atoms with Crippen molar-refractivity contribution in [2.24, 2.45) is 0 Å². The predicted molar refractivity (Wildman–Crippen MR) is 94.9 cm³/mol. The van der Waals surface area contributed by atoms with E-state index in [4.69, 9.17) is 9.47 Å². The van der Waals surface area contributed by atoms with Gasteiger partial charge in [-0.1, -0.05) is 30.3 Å². The van der Waals surface area contributed by atoms with E-state index in [2.05, 4.69) is 12.1 Å². The third-order valence-electron chi connectivity index (χ3n) is 3.69. The lowest BCUT2D eigenvalue weighted by Gasteiger charge is -2.27. The number of hydrogen-bond donors (Lipinski definition) is 0. The molecule has 0 spiro atoms. The lowest BCUT2D eigenvalue weighted by molar-refractivity contribution is -0.145. The molecular weight excluding hydrogens is 326 g/mol. The van der Waals surface area contributed by atoms with Gasteiger partial charge in [0.2, 0.25) is 0 Å². The number of hydrogen-bond acceptors (Lipinski definition) is 5. The van der Waals surface area contributed by atoms with E-state index in [9.17, 15) is 9.59 Å². The minimum Gasteiger partial charge on any atom is -0.467 e. The Balaban J connectivity index is 2.01. The average molecular weight is 351 g/mol. The Kier molecular flexibility index (Phi) is 6.15. The van der Waals surface area contributed by atoms with E-state index in [1.165, 1.54) is 17.6 Å². The number of carbonyl (C=O) groups is 2. The van der Waals surface area contributed by atoms with Crippen molar-refractivity contribution < 1.29 is 19.1 Å². The lowest BCUT2D eigenvalue weighted by Crippen LogP contribution is -2.43. The summed E-state index contributed by atoms with van der Waals surface area (Å²) < 4.78 is 10.3. The van der Waals surface area contributed by atoms with Crippen molar-refractivity contribution in [3.63, 3.8) is 0 Å². The van der Waals surface area contributed by atoms with Crippen LogP contribution in [0.2, 0.25) is 0 Å². The summed E-state index contributed by atoms with van der Waals surface area (Å²) in [6.07, 6.45) is 0.129. The Bertz CT molecular complexity index is 570. The molecule has 5 nitrogen and oxygen atoms in total. The van der Waals surface area contributed by atoms with Gasteiger partial charge in [0.25, 0.3) is 0 Å². The van der Waals surface area contributed by atoms with Gasteiger partial charge in [0.15, 0.2) is 0 Å². The summed E-state index contributed by atoms with van der Waals surface area (Å²) in [4.78, 5) is 25.9. The smallest absolute Gasteiger partial charge is 0.411 e. The van der Waals surface area contributed by atoms with E-state index in [0.29, 0.717) is 13.0 Å². The molecule has 132 valence electrons. The van der Waals surface area contributed by atoms with Crippen LogP contribution in [0.1, 0.15) is 32.8 Å². The molecule has 1 aromatic carbocycles. The van der Waals surface area contributed by atoms with Gasteiger partial charge in [-0.3, -0.25) is 4.90 Å². The molecule has 0 saturated carbocycles. The second-order valence-electron chi connectivity index (χ2n) is 6.83. The quantitative estimate of drug-likeness (QED) is 0.778. The summed E-state index contributed by atoms with van der Waals surface area (Å²) in [5.41, 5.74) is 0.639. The molecule has 2 atom stereocenters. The third-order valence-corrected chi connectivity index (χ3v) is 5.01. The first-order valence-corrected chi connectivity index (χ1v) is 9.08. The molecule has 1 fully saturated rings. The number of rotatable bonds is 4. The lowest BCUT2D eigenvalue weighted by atomic mass is 10.2. The largest absolute Gasteiger partial charge is 0.467 e. The van der Waals surface area contributed by atoms with Gasteiger partial charge in [-0.2, -0.15) is 11.8 Å². The van der Waals surface area contributed by atoms with Crippen LogP contribution in [0.3, 0.4) is 0 Å². The summed E-state index contributed by atoms with van der Waals surface area (Å²) in [7, 11) is 1.35. The molecule has 1 saturated heterocycles. The minimum atomic E-state index is -0.590. The highest BCUT2D eigenvalue weighted by Crippen LogP contribution is 2.31. The highest BCUT2D eigenvalue weighted by atomic mass is 32.2. The standard InChI is InChI=1S/C18H25NO4S/c1-18(2,3)23-17(21)19-11-14(10-15(19)16(20)22-4)24-12-13-8-6-5-7-9-13/h5-9,14-15H,10-12H2,1-4H3/t14-,15?/m1/s1. The highest BCUT2D eigenvalue weighted by Gasteiger charge is 2.42. The Labute approximate surface area is 147 Å². The molecule has 1 amide bonds. The van der Waals surface area contributed by atoms with Crippen molar-refractivity contribution in [3.05, 3.63) is 35.9 Å². The Morgan fingerprint density at radius 1 is 1.25 bits per heavy atom. The minimum absolute atomic E-state index is 0.182. The molecule has 1 aliphatic heterocycles. The third kappa shape index (κ3) is 5.16. The fourth-order valence-corrected chi connectivity index (χ4v) is 3.79. The number of thioether (sulfide) groups is 1. The van der Waals surface area contributed by atoms with E-state index in [1.807, 2.05) is 39.0 Å². The number of ether oxygens (including phenoxy) is 2. The number of carbonyl (C=O) groups excluding carboxylic acids is 2. The first-order chi connectivity index (χ1) is 11.3. The second-order valence-corrected chi connectivity index (χ2v) is 8.11. The molecular formula is C18H25NO4S. The van der Waals surface area contributed by atoms with E-state index >= 15 is 0 Å². The topological polar surface area (TPSA) is 55.8 Å². The van der Waals surface area contributed by atoms with Gasteiger partial charge >= 0.3 is 12.1 Å². The first kappa shape index (κ1) is 18.6. The van der Waals surface area contributed by atoms with Gasteiger partial charge in [-0.25, -0.2) is 9.59 Å². The summed E-state index contributed by atoms with van der Waals surface area (Å²) >= 11 is 1.75. The zero-order chi connectivity index (χ0) is 17.7. The zero-order valence-corrected chi connectivity index (χ0v) is 15.5. The van der Waals surface area contributed by atoms with Crippen LogP contribution in [-0.2, 0) is 20.0 Å². The monoisotopic (exact) mass is 351 g/mol. The molecule has 1 aromatic rings. The van der Waals surface area contributed by atoms with Gasteiger partial charge in [0.05, 0.1) is 7.11 Å². The van der Waals surface area contributed by atoms with Crippen LogP contribution in [0.25, 0.3) is 0 Å². The fourth-order valence-electron chi connectivity index (χ4n) is 2.59. The van der Waals surface area contributed by atoms with Crippen molar-refractivity contribution >= 4 is 23.8 Å². The molecule has 24 heavy (non-hydrogen) atoms. The number of methoxy groups -OCH3 is 1. The summed E-state index contributed by atoms with van der Waals surface area (Å²) in [6.45, 7) is 5.94. The normalized spacial score (nSPS) is 20.8. The van der Waals surface area contributed by atoms with Crippen molar-refractivity contribution in [1.82, 2.24) is 4.90 Å². The molecule has 1 aliphatic rings. The van der Waals surface area contributed by atoms with Gasteiger partial charge in [0, 0.05) is 17.5 Å². The first-order valence-electron chi connectivity index (χ1n) is 8.03. The van der Waals surface area contributed by atoms with Crippen LogP contribution in [-0.4, -0.2) is 47.5 Å². The van der Waals surface area contributed by atoms with E-state index in [1.54, 1.807) is 11.8 Å². The Morgan fingerprint density at radius 3 is 2.50 bits per heavy atom. The molecule has 0 aromatic heterocycles. The van der Waals surface area contributed by atoms with E-state index in [0.717, 1.165) is 5.75 Å². The summed E-state index contributed by atoms with van der Waals surface area (Å²) in [5, 5.41) is 0.182. The molecule has 1 unspecified atom stereocenters. The van der Waals surface area contributed by atoms with Crippen molar-refractivity contribution in [1.29, 1.82) is 0 Å². The summed E-state index contributed by atoms with van der Waals surface area (Å²) in [6, 6.07) is 9.58.